The lowest BCUT2D eigenvalue weighted by Gasteiger charge is -2.03. The van der Waals surface area contributed by atoms with Crippen molar-refractivity contribution in [3.05, 3.63) is 62.8 Å². The molecule has 0 unspecified atom stereocenters. The molecule has 0 saturated carbocycles. The van der Waals surface area contributed by atoms with Gasteiger partial charge in [0.2, 0.25) is 0 Å². The summed E-state index contributed by atoms with van der Waals surface area (Å²) in [6, 6.07) is 5.71. The number of benzene rings is 1. The first kappa shape index (κ1) is 17.3. The van der Waals surface area contributed by atoms with Crippen LogP contribution in [0.25, 0.3) is 11.3 Å². The van der Waals surface area contributed by atoms with Gasteiger partial charge in [-0.05, 0) is 25.1 Å². The average Bonchev–Trinajstić information content (AvgIpc) is 3.23. The maximum Gasteiger partial charge on any atom is 0.272 e. The predicted octanol–water partition coefficient (Wildman–Crippen LogP) is 2.71. The summed E-state index contributed by atoms with van der Waals surface area (Å²) in [5.74, 6) is -0.996. The highest BCUT2D eigenvalue weighted by molar-refractivity contribution is 7.14. The van der Waals surface area contributed by atoms with Crippen molar-refractivity contribution in [2.45, 2.75) is 6.92 Å². The van der Waals surface area contributed by atoms with E-state index >= 15 is 0 Å². The molecule has 9 nitrogen and oxygen atoms in total. The largest absolute Gasteiger partial charge is 0.364 e. The highest BCUT2D eigenvalue weighted by Gasteiger charge is 2.15. The molecule has 0 aliphatic heterocycles. The molecule has 0 aliphatic rings. The van der Waals surface area contributed by atoms with Crippen molar-refractivity contribution in [1.29, 1.82) is 0 Å². The number of anilines is 1. The summed E-state index contributed by atoms with van der Waals surface area (Å²) in [5.41, 5.74) is 7.35. The van der Waals surface area contributed by atoms with Crippen molar-refractivity contribution >= 4 is 34.0 Å². The van der Waals surface area contributed by atoms with E-state index in [-0.39, 0.29) is 11.4 Å². The Bertz CT molecular complexity index is 1020. The Balaban J connectivity index is 1.76. The van der Waals surface area contributed by atoms with Crippen molar-refractivity contribution in [2.24, 2.45) is 5.73 Å². The molecule has 26 heavy (non-hydrogen) atoms. The number of carbonyl (C=O) groups excluding carboxylic acids is 2. The molecule has 3 aromatic rings. The zero-order valence-corrected chi connectivity index (χ0v) is 14.3. The van der Waals surface area contributed by atoms with E-state index in [4.69, 9.17) is 5.73 Å². The molecule has 2 heterocycles. The van der Waals surface area contributed by atoms with Crippen LogP contribution in [0, 0.1) is 17.0 Å². The predicted molar refractivity (Wildman–Crippen MR) is 96.2 cm³/mol. The number of primary amides is 1. The lowest BCUT2D eigenvalue weighted by molar-refractivity contribution is -0.385. The Morgan fingerprint density at radius 1 is 1.35 bits per heavy atom. The van der Waals surface area contributed by atoms with Crippen LogP contribution in [0.4, 0.5) is 10.8 Å². The summed E-state index contributed by atoms with van der Waals surface area (Å²) < 4.78 is 0. The molecular weight excluding hydrogens is 358 g/mol. The maximum atomic E-state index is 12.3. The van der Waals surface area contributed by atoms with Crippen molar-refractivity contribution in [1.82, 2.24) is 9.97 Å². The van der Waals surface area contributed by atoms with Gasteiger partial charge in [-0.15, -0.1) is 11.3 Å². The Morgan fingerprint density at radius 2 is 2.12 bits per heavy atom. The van der Waals surface area contributed by atoms with Gasteiger partial charge in [-0.2, -0.15) is 0 Å². The molecule has 132 valence electrons. The molecule has 4 N–H and O–H groups in total. The first-order valence-corrected chi connectivity index (χ1v) is 8.23. The smallest absolute Gasteiger partial charge is 0.272 e. The third-order valence-electron chi connectivity index (χ3n) is 3.62. The second-order valence-corrected chi connectivity index (χ2v) is 6.27. The highest BCUT2D eigenvalue weighted by atomic mass is 32.1. The summed E-state index contributed by atoms with van der Waals surface area (Å²) in [5, 5.41) is 15.6. The number of aromatic amines is 1. The number of aryl methyl sites for hydroxylation is 1. The number of nitro groups is 1. The fourth-order valence-electron chi connectivity index (χ4n) is 2.32. The third-order valence-corrected chi connectivity index (χ3v) is 4.38. The van der Waals surface area contributed by atoms with Gasteiger partial charge in [-0.25, -0.2) is 4.98 Å². The lowest BCUT2D eigenvalue weighted by Crippen LogP contribution is -2.12. The standard InChI is InChI=1S/C16H13N5O4S/c1-8-4-9(2-3-13(8)21(24)25)15(23)20-16-19-12(7-26-16)10-5-11(14(17)22)18-6-10/h2-7,18H,1H3,(H2,17,22)(H,19,20,23). The number of hydrogen-bond donors (Lipinski definition) is 3. The molecule has 3 rings (SSSR count). The number of H-pyrrole nitrogens is 1. The molecule has 0 fully saturated rings. The van der Waals surface area contributed by atoms with Gasteiger partial charge in [-0.3, -0.25) is 25.0 Å². The molecule has 0 saturated heterocycles. The fraction of sp³-hybridized carbons (Fsp3) is 0.0625. The van der Waals surface area contributed by atoms with Crippen LogP contribution in [0.5, 0.6) is 0 Å². The third kappa shape index (κ3) is 3.44. The molecule has 10 heteroatoms. The van der Waals surface area contributed by atoms with Crippen LogP contribution in [0.15, 0.2) is 35.8 Å². The van der Waals surface area contributed by atoms with Crippen LogP contribution >= 0.6 is 11.3 Å². The van der Waals surface area contributed by atoms with E-state index in [0.717, 1.165) is 0 Å². The fourth-order valence-corrected chi connectivity index (χ4v) is 3.03. The van der Waals surface area contributed by atoms with Gasteiger partial charge in [0.15, 0.2) is 5.13 Å². The number of nitrogens with one attached hydrogen (secondary N) is 2. The molecule has 1 aromatic carbocycles. The number of hydrogen-bond acceptors (Lipinski definition) is 6. The zero-order valence-electron chi connectivity index (χ0n) is 13.5. The topological polar surface area (TPSA) is 144 Å². The quantitative estimate of drug-likeness (QED) is 0.466. The monoisotopic (exact) mass is 371 g/mol. The zero-order chi connectivity index (χ0) is 18.8. The number of thiazole rings is 1. The maximum absolute atomic E-state index is 12.3. The molecule has 0 radical (unpaired) electrons. The van der Waals surface area contributed by atoms with E-state index in [2.05, 4.69) is 15.3 Å². The molecule has 0 atom stereocenters. The lowest BCUT2D eigenvalue weighted by atomic mass is 10.1. The highest BCUT2D eigenvalue weighted by Crippen LogP contribution is 2.26. The Labute approximate surface area is 151 Å². The SMILES string of the molecule is Cc1cc(C(=O)Nc2nc(-c3c[nH]c(C(N)=O)c3)cs2)ccc1[N+](=O)[O-]. The number of amides is 2. The first-order valence-electron chi connectivity index (χ1n) is 7.35. The number of nitrogens with zero attached hydrogens (tertiary/aromatic N) is 2. The van der Waals surface area contributed by atoms with Crippen LogP contribution in [0.2, 0.25) is 0 Å². The summed E-state index contributed by atoms with van der Waals surface area (Å²) in [7, 11) is 0. The minimum atomic E-state index is -0.575. The normalized spacial score (nSPS) is 10.5. The Kier molecular flexibility index (Phi) is 4.50. The van der Waals surface area contributed by atoms with Crippen molar-refractivity contribution in [3.8, 4) is 11.3 Å². The molecular formula is C16H13N5O4S. The first-order chi connectivity index (χ1) is 12.3. The number of carbonyl (C=O) groups is 2. The van der Waals surface area contributed by atoms with E-state index in [1.54, 1.807) is 24.6 Å². The Hall–Kier alpha value is -3.53. The second-order valence-electron chi connectivity index (χ2n) is 5.42. The van der Waals surface area contributed by atoms with E-state index in [1.807, 2.05) is 0 Å². The minimum Gasteiger partial charge on any atom is -0.364 e. The van der Waals surface area contributed by atoms with Crippen LogP contribution in [-0.2, 0) is 0 Å². The number of rotatable bonds is 5. The van der Waals surface area contributed by atoms with Crippen molar-refractivity contribution in [3.63, 3.8) is 0 Å². The number of nitrogens with two attached hydrogens (primary N) is 1. The number of nitro benzene ring substituents is 1. The molecule has 2 amide bonds. The molecule has 0 aliphatic carbocycles. The van der Waals surface area contributed by atoms with Crippen LogP contribution in [0.1, 0.15) is 26.4 Å². The van der Waals surface area contributed by atoms with Gasteiger partial charge in [0.1, 0.15) is 5.69 Å². The van der Waals surface area contributed by atoms with Crippen molar-refractivity contribution < 1.29 is 14.5 Å². The summed E-state index contributed by atoms with van der Waals surface area (Å²) in [4.78, 5) is 40.8. The molecule has 0 bridgehead atoms. The second kappa shape index (κ2) is 6.76. The summed E-state index contributed by atoms with van der Waals surface area (Å²) in [6.45, 7) is 1.57. The van der Waals surface area contributed by atoms with E-state index in [1.165, 1.54) is 29.5 Å². The van der Waals surface area contributed by atoms with E-state index in [9.17, 15) is 19.7 Å². The van der Waals surface area contributed by atoms with Crippen LogP contribution in [0.3, 0.4) is 0 Å². The van der Waals surface area contributed by atoms with Gasteiger partial charge in [0.25, 0.3) is 17.5 Å². The number of aromatic nitrogens is 2. The van der Waals surface area contributed by atoms with Crippen LogP contribution in [-0.4, -0.2) is 26.7 Å². The minimum absolute atomic E-state index is 0.0456. The molecule has 2 aromatic heterocycles. The van der Waals surface area contributed by atoms with Gasteiger partial charge in [0.05, 0.1) is 10.6 Å². The molecule has 0 spiro atoms. The van der Waals surface area contributed by atoms with E-state index in [0.29, 0.717) is 27.5 Å². The average molecular weight is 371 g/mol. The van der Waals surface area contributed by atoms with Gasteiger partial charge < -0.3 is 10.7 Å². The summed E-state index contributed by atoms with van der Waals surface area (Å²) in [6.07, 6.45) is 1.60. The summed E-state index contributed by atoms with van der Waals surface area (Å²) >= 11 is 1.22. The van der Waals surface area contributed by atoms with Crippen molar-refractivity contribution in [2.75, 3.05) is 5.32 Å². The van der Waals surface area contributed by atoms with Gasteiger partial charge >= 0.3 is 0 Å². The van der Waals surface area contributed by atoms with Gasteiger partial charge in [0, 0.05) is 34.3 Å². The van der Waals surface area contributed by atoms with E-state index < -0.39 is 16.7 Å². The van der Waals surface area contributed by atoms with Crippen LogP contribution < -0.4 is 11.1 Å². The Morgan fingerprint density at radius 3 is 2.73 bits per heavy atom. The van der Waals surface area contributed by atoms with Gasteiger partial charge in [-0.1, -0.05) is 0 Å².